The van der Waals surface area contributed by atoms with Crippen LogP contribution < -0.4 is 10.5 Å². The van der Waals surface area contributed by atoms with Gasteiger partial charge in [0.2, 0.25) is 10.1 Å². The van der Waals surface area contributed by atoms with E-state index in [0.717, 1.165) is 22.3 Å². The van der Waals surface area contributed by atoms with Crippen LogP contribution in [0.4, 0.5) is 5.13 Å². The van der Waals surface area contributed by atoms with E-state index in [1.807, 2.05) is 26.1 Å². The molecule has 0 unspecified atom stereocenters. The van der Waals surface area contributed by atoms with Crippen molar-refractivity contribution in [1.29, 1.82) is 0 Å². The second kappa shape index (κ2) is 7.14. The van der Waals surface area contributed by atoms with Gasteiger partial charge >= 0.3 is 0 Å². The summed E-state index contributed by atoms with van der Waals surface area (Å²) in [6, 6.07) is 9.67. The lowest BCUT2D eigenvalue weighted by atomic mass is 9.94. The van der Waals surface area contributed by atoms with Gasteiger partial charge in [0.1, 0.15) is 0 Å². The molecule has 0 N–H and O–H groups in total. The van der Waals surface area contributed by atoms with Crippen molar-refractivity contribution in [3.05, 3.63) is 57.0 Å². The van der Waals surface area contributed by atoms with Crippen molar-refractivity contribution < 1.29 is 0 Å². The molecule has 132 valence electrons. The SMILES string of the molecule is CCc1cc(=O)n2nc(N(C)[C@@H](C)[C@H](C)c3ccc(Cl)cc3)sc2n1. The van der Waals surface area contributed by atoms with Crippen LogP contribution >= 0.6 is 22.9 Å². The molecule has 0 aliphatic carbocycles. The van der Waals surface area contributed by atoms with Gasteiger partial charge in [0.15, 0.2) is 0 Å². The van der Waals surface area contributed by atoms with Crippen LogP contribution in [0.3, 0.4) is 0 Å². The number of likely N-dealkylation sites (N-methyl/N-ethyl adjacent to an activating group) is 1. The Kier molecular flexibility index (Phi) is 5.11. The number of hydrogen-bond acceptors (Lipinski definition) is 5. The minimum absolute atomic E-state index is 0.129. The molecule has 0 fully saturated rings. The van der Waals surface area contributed by atoms with Crippen LogP contribution in [-0.2, 0) is 6.42 Å². The number of fused-ring (bicyclic) bond motifs is 1. The van der Waals surface area contributed by atoms with Crippen molar-refractivity contribution in [1.82, 2.24) is 14.6 Å². The molecule has 5 nitrogen and oxygen atoms in total. The first kappa shape index (κ1) is 17.9. The van der Waals surface area contributed by atoms with Gasteiger partial charge in [0.05, 0.1) is 0 Å². The Morgan fingerprint density at radius 1 is 1.28 bits per heavy atom. The average molecular weight is 377 g/mol. The van der Waals surface area contributed by atoms with E-state index in [4.69, 9.17) is 11.6 Å². The van der Waals surface area contributed by atoms with Crippen LogP contribution in [0, 0.1) is 0 Å². The summed E-state index contributed by atoms with van der Waals surface area (Å²) in [4.78, 5) is 19.4. The van der Waals surface area contributed by atoms with Gasteiger partial charge in [-0.2, -0.15) is 4.52 Å². The predicted molar refractivity (Wildman–Crippen MR) is 104 cm³/mol. The molecular weight excluding hydrogens is 356 g/mol. The predicted octanol–water partition coefficient (Wildman–Crippen LogP) is 4.00. The second-order valence-electron chi connectivity index (χ2n) is 6.21. The Bertz CT molecular complexity index is 934. The van der Waals surface area contributed by atoms with E-state index < -0.39 is 0 Å². The van der Waals surface area contributed by atoms with Crippen LogP contribution in [0.1, 0.15) is 37.9 Å². The van der Waals surface area contributed by atoms with E-state index >= 15 is 0 Å². The molecule has 2 aromatic heterocycles. The molecule has 0 bridgehead atoms. The van der Waals surface area contributed by atoms with Crippen molar-refractivity contribution in [2.45, 2.75) is 39.2 Å². The van der Waals surface area contributed by atoms with Gasteiger partial charge in [-0.15, -0.1) is 5.10 Å². The Labute approximate surface area is 155 Å². The summed E-state index contributed by atoms with van der Waals surface area (Å²) in [5, 5.41) is 5.98. The van der Waals surface area contributed by atoms with Crippen LogP contribution in [0.15, 0.2) is 35.1 Å². The first-order valence-electron chi connectivity index (χ1n) is 8.28. The molecule has 0 radical (unpaired) electrons. The van der Waals surface area contributed by atoms with Crippen LogP contribution in [0.5, 0.6) is 0 Å². The van der Waals surface area contributed by atoms with Gasteiger partial charge in [-0.05, 0) is 31.0 Å². The maximum Gasteiger partial charge on any atom is 0.275 e. The molecule has 2 heterocycles. The lowest BCUT2D eigenvalue weighted by Gasteiger charge is -2.29. The van der Waals surface area contributed by atoms with E-state index in [1.54, 1.807) is 6.07 Å². The lowest BCUT2D eigenvalue weighted by molar-refractivity contribution is 0.576. The maximum atomic E-state index is 12.2. The zero-order chi connectivity index (χ0) is 18.1. The third-order valence-electron chi connectivity index (χ3n) is 4.68. The minimum Gasteiger partial charge on any atom is -0.346 e. The molecule has 3 aromatic rings. The zero-order valence-corrected chi connectivity index (χ0v) is 16.3. The summed E-state index contributed by atoms with van der Waals surface area (Å²) in [5.41, 5.74) is 1.88. The molecule has 25 heavy (non-hydrogen) atoms. The van der Waals surface area contributed by atoms with E-state index in [9.17, 15) is 4.79 Å². The molecule has 0 saturated heterocycles. The second-order valence-corrected chi connectivity index (χ2v) is 7.58. The van der Waals surface area contributed by atoms with Crippen LogP contribution in [0.2, 0.25) is 5.02 Å². The summed E-state index contributed by atoms with van der Waals surface area (Å²) in [5.74, 6) is 0.283. The quantitative estimate of drug-likeness (QED) is 0.675. The van der Waals surface area contributed by atoms with Gasteiger partial charge < -0.3 is 4.90 Å². The molecule has 2 atom stereocenters. The van der Waals surface area contributed by atoms with E-state index in [-0.39, 0.29) is 17.5 Å². The lowest BCUT2D eigenvalue weighted by Crippen LogP contribution is -2.33. The standard InChI is InChI=1S/C18H21ClN4OS/c1-5-15-10-16(24)23-17(20-15)25-18(21-23)22(4)12(3)11(2)13-6-8-14(19)9-7-13/h6-12H,5H2,1-4H3/t11-,12-/m0/s1. The van der Waals surface area contributed by atoms with Crippen molar-refractivity contribution in [3.63, 3.8) is 0 Å². The fourth-order valence-corrected chi connectivity index (χ4v) is 3.83. The summed E-state index contributed by atoms with van der Waals surface area (Å²) < 4.78 is 1.38. The topological polar surface area (TPSA) is 50.5 Å². The first-order valence-corrected chi connectivity index (χ1v) is 9.48. The molecule has 0 aliphatic rings. The number of benzene rings is 1. The van der Waals surface area contributed by atoms with Crippen LogP contribution in [-0.4, -0.2) is 27.7 Å². The first-order chi connectivity index (χ1) is 11.9. The third-order valence-corrected chi connectivity index (χ3v) is 5.93. The van der Waals surface area contributed by atoms with E-state index in [2.05, 4.69) is 41.0 Å². The van der Waals surface area contributed by atoms with Crippen molar-refractivity contribution in [2.24, 2.45) is 0 Å². The van der Waals surface area contributed by atoms with Crippen LogP contribution in [0.25, 0.3) is 4.96 Å². The Morgan fingerprint density at radius 3 is 2.60 bits per heavy atom. The van der Waals surface area contributed by atoms with Gasteiger partial charge in [-0.25, -0.2) is 4.98 Å². The smallest absolute Gasteiger partial charge is 0.275 e. The molecule has 0 spiro atoms. The van der Waals surface area contributed by atoms with Crippen molar-refractivity contribution in [2.75, 3.05) is 11.9 Å². The molecule has 3 rings (SSSR count). The molecule has 0 saturated carbocycles. The summed E-state index contributed by atoms with van der Waals surface area (Å²) in [6.45, 7) is 6.32. The number of aryl methyl sites for hydroxylation is 1. The van der Waals surface area contributed by atoms with E-state index in [0.29, 0.717) is 4.96 Å². The summed E-state index contributed by atoms with van der Waals surface area (Å²) in [7, 11) is 2.00. The summed E-state index contributed by atoms with van der Waals surface area (Å²) in [6.07, 6.45) is 0.735. The van der Waals surface area contributed by atoms with Crippen molar-refractivity contribution >= 4 is 33.0 Å². The maximum absolute atomic E-state index is 12.2. The fourth-order valence-electron chi connectivity index (χ4n) is 2.72. The number of nitrogens with zero attached hydrogens (tertiary/aromatic N) is 4. The normalized spacial score (nSPS) is 13.8. The number of anilines is 1. The van der Waals surface area contributed by atoms with E-state index in [1.165, 1.54) is 21.4 Å². The highest BCUT2D eigenvalue weighted by Crippen LogP contribution is 2.29. The fraction of sp³-hybridized carbons (Fsp3) is 0.389. The molecule has 0 aliphatic heterocycles. The number of rotatable bonds is 5. The minimum atomic E-state index is -0.129. The zero-order valence-electron chi connectivity index (χ0n) is 14.7. The largest absolute Gasteiger partial charge is 0.346 e. The third kappa shape index (κ3) is 3.55. The molecule has 7 heteroatoms. The van der Waals surface area contributed by atoms with Gasteiger partial charge in [-0.3, -0.25) is 4.79 Å². The molecular formula is C18H21ClN4OS. The Morgan fingerprint density at radius 2 is 1.96 bits per heavy atom. The van der Waals surface area contributed by atoms with Gasteiger partial charge in [0.25, 0.3) is 5.56 Å². The number of halogens is 1. The monoisotopic (exact) mass is 376 g/mol. The number of hydrogen-bond donors (Lipinski definition) is 0. The highest BCUT2D eigenvalue weighted by atomic mass is 35.5. The van der Waals surface area contributed by atoms with Gasteiger partial charge in [-0.1, -0.05) is 48.9 Å². The van der Waals surface area contributed by atoms with Gasteiger partial charge in [0, 0.05) is 35.8 Å². The highest BCUT2D eigenvalue weighted by Gasteiger charge is 2.22. The molecule has 1 aromatic carbocycles. The van der Waals surface area contributed by atoms with Crippen molar-refractivity contribution in [3.8, 4) is 0 Å². The highest BCUT2D eigenvalue weighted by molar-refractivity contribution is 7.20. The number of aromatic nitrogens is 3. The summed E-state index contributed by atoms with van der Waals surface area (Å²) >= 11 is 7.42. The average Bonchev–Trinajstić information content (AvgIpc) is 3.05. The Balaban J connectivity index is 1.90. The molecule has 0 amide bonds. The Hall–Kier alpha value is -1.92.